The first-order valence-corrected chi connectivity index (χ1v) is 9.07. The fourth-order valence-electron chi connectivity index (χ4n) is 3.06. The van der Waals surface area contributed by atoms with Crippen LogP contribution in [0.1, 0.15) is 13.3 Å². The maximum atomic E-state index is 6.50. The van der Waals surface area contributed by atoms with Gasteiger partial charge in [0.1, 0.15) is 11.6 Å². The van der Waals surface area contributed by atoms with Crippen molar-refractivity contribution in [3.63, 3.8) is 0 Å². The number of pyridine rings is 1. The van der Waals surface area contributed by atoms with Gasteiger partial charge in [-0.3, -0.25) is 0 Å². The number of nitrogens with one attached hydrogen (secondary N) is 1. The Hall–Kier alpha value is -2.85. The van der Waals surface area contributed by atoms with E-state index in [0.717, 1.165) is 41.1 Å². The van der Waals surface area contributed by atoms with Crippen molar-refractivity contribution in [1.29, 1.82) is 0 Å². The molecule has 0 atom stereocenters. The van der Waals surface area contributed by atoms with Gasteiger partial charge in [0.15, 0.2) is 0 Å². The van der Waals surface area contributed by atoms with Crippen LogP contribution in [-0.4, -0.2) is 14.5 Å². The number of benzene rings is 2. The standard InChI is InChI=1S/C21H19ClN4/c1-2-12-26-19-11-7-6-10-18(19)25-21(26)15-13-17(22)20(23-14-15)24-16-8-4-3-5-9-16/h3-11,13-14H,2,12H2,1H3,(H,23,24). The van der Waals surface area contributed by atoms with Gasteiger partial charge in [0.05, 0.1) is 16.1 Å². The molecule has 0 saturated carbocycles. The molecule has 0 unspecified atom stereocenters. The molecule has 0 radical (unpaired) electrons. The van der Waals surface area contributed by atoms with Crippen LogP contribution < -0.4 is 5.32 Å². The molecule has 4 rings (SSSR count). The van der Waals surface area contributed by atoms with E-state index in [1.165, 1.54) is 0 Å². The third-order valence-electron chi connectivity index (χ3n) is 4.24. The molecule has 4 aromatic rings. The summed E-state index contributed by atoms with van der Waals surface area (Å²) in [5.41, 5.74) is 3.98. The third kappa shape index (κ3) is 3.16. The summed E-state index contributed by atoms with van der Waals surface area (Å²) >= 11 is 6.50. The first-order chi connectivity index (χ1) is 12.8. The van der Waals surface area contributed by atoms with Crippen molar-refractivity contribution in [2.75, 3.05) is 5.32 Å². The quantitative estimate of drug-likeness (QED) is 0.480. The van der Waals surface area contributed by atoms with Gasteiger partial charge in [-0.05, 0) is 36.8 Å². The summed E-state index contributed by atoms with van der Waals surface area (Å²) in [6.45, 7) is 3.06. The lowest BCUT2D eigenvalue weighted by molar-refractivity contribution is 0.704. The molecular weight excluding hydrogens is 344 g/mol. The van der Waals surface area contributed by atoms with Gasteiger partial charge in [-0.15, -0.1) is 0 Å². The van der Waals surface area contributed by atoms with E-state index in [1.54, 1.807) is 0 Å². The highest BCUT2D eigenvalue weighted by Gasteiger charge is 2.14. The van der Waals surface area contributed by atoms with Crippen LogP contribution in [-0.2, 0) is 6.54 Å². The molecule has 5 heteroatoms. The molecule has 2 heterocycles. The molecule has 1 N–H and O–H groups in total. The molecule has 26 heavy (non-hydrogen) atoms. The number of anilines is 2. The average Bonchev–Trinajstić information content (AvgIpc) is 3.03. The Kier molecular flexibility index (Phi) is 4.59. The Morgan fingerprint density at radius 3 is 2.58 bits per heavy atom. The summed E-state index contributed by atoms with van der Waals surface area (Å²) in [6.07, 6.45) is 2.85. The topological polar surface area (TPSA) is 42.7 Å². The van der Waals surface area contributed by atoms with E-state index < -0.39 is 0 Å². The normalized spacial score (nSPS) is 11.0. The second kappa shape index (κ2) is 7.18. The van der Waals surface area contributed by atoms with Crippen LogP contribution in [0.2, 0.25) is 5.02 Å². The maximum Gasteiger partial charge on any atom is 0.149 e. The fraction of sp³-hybridized carbons (Fsp3) is 0.143. The number of para-hydroxylation sites is 3. The lowest BCUT2D eigenvalue weighted by Gasteiger charge is -2.11. The number of hydrogen-bond acceptors (Lipinski definition) is 3. The number of hydrogen-bond donors (Lipinski definition) is 1. The van der Waals surface area contributed by atoms with E-state index in [-0.39, 0.29) is 0 Å². The minimum Gasteiger partial charge on any atom is -0.339 e. The highest BCUT2D eigenvalue weighted by Crippen LogP contribution is 2.30. The summed E-state index contributed by atoms with van der Waals surface area (Å²) < 4.78 is 2.23. The second-order valence-electron chi connectivity index (χ2n) is 6.12. The van der Waals surface area contributed by atoms with E-state index in [0.29, 0.717) is 10.8 Å². The summed E-state index contributed by atoms with van der Waals surface area (Å²) in [5.74, 6) is 1.54. The largest absolute Gasteiger partial charge is 0.339 e. The lowest BCUT2D eigenvalue weighted by Crippen LogP contribution is -2.01. The van der Waals surface area contributed by atoms with E-state index >= 15 is 0 Å². The Morgan fingerprint density at radius 2 is 1.81 bits per heavy atom. The summed E-state index contributed by atoms with van der Waals surface area (Å²) in [4.78, 5) is 9.33. The van der Waals surface area contributed by atoms with Crippen molar-refractivity contribution in [2.45, 2.75) is 19.9 Å². The van der Waals surface area contributed by atoms with Crippen LogP contribution in [0.15, 0.2) is 66.9 Å². The minimum atomic E-state index is 0.571. The molecule has 0 aliphatic carbocycles. The molecule has 130 valence electrons. The van der Waals surface area contributed by atoms with Crippen molar-refractivity contribution < 1.29 is 0 Å². The van der Waals surface area contributed by atoms with Gasteiger partial charge < -0.3 is 9.88 Å². The predicted octanol–water partition coefficient (Wildman–Crippen LogP) is 5.91. The van der Waals surface area contributed by atoms with Crippen molar-refractivity contribution in [3.8, 4) is 11.4 Å². The van der Waals surface area contributed by atoms with Gasteiger partial charge >= 0.3 is 0 Å². The van der Waals surface area contributed by atoms with Crippen molar-refractivity contribution in [3.05, 3.63) is 71.9 Å². The maximum absolute atomic E-state index is 6.50. The zero-order chi connectivity index (χ0) is 17.9. The summed E-state index contributed by atoms with van der Waals surface area (Å²) in [6, 6.07) is 20.0. The number of nitrogens with zero attached hydrogens (tertiary/aromatic N) is 3. The molecule has 0 spiro atoms. The zero-order valence-electron chi connectivity index (χ0n) is 14.5. The van der Waals surface area contributed by atoms with Gasteiger partial charge in [-0.2, -0.15) is 0 Å². The number of fused-ring (bicyclic) bond motifs is 1. The van der Waals surface area contributed by atoms with Crippen LogP contribution in [0.25, 0.3) is 22.4 Å². The van der Waals surface area contributed by atoms with Crippen LogP contribution in [0.3, 0.4) is 0 Å². The van der Waals surface area contributed by atoms with Crippen molar-refractivity contribution in [2.24, 2.45) is 0 Å². The molecule has 2 aromatic carbocycles. The Labute approximate surface area is 157 Å². The molecule has 2 aromatic heterocycles. The Balaban J connectivity index is 1.73. The van der Waals surface area contributed by atoms with Gasteiger partial charge in [0, 0.05) is 24.0 Å². The van der Waals surface area contributed by atoms with Crippen LogP contribution in [0.5, 0.6) is 0 Å². The number of aromatic nitrogens is 3. The first kappa shape index (κ1) is 16.6. The van der Waals surface area contributed by atoms with Crippen LogP contribution in [0.4, 0.5) is 11.5 Å². The molecule has 0 bridgehead atoms. The number of aryl methyl sites for hydroxylation is 1. The van der Waals surface area contributed by atoms with Crippen LogP contribution in [0, 0.1) is 0 Å². The van der Waals surface area contributed by atoms with Crippen molar-refractivity contribution in [1.82, 2.24) is 14.5 Å². The van der Waals surface area contributed by atoms with E-state index in [1.807, 2.05) is 60.8 Å². The van der Waals surface area contributed by atoms with Gasteiger partial charge in [-0.25, -0.2) is 9.97 Å². The molecule has 0 fully saturated rings. The lowest BCUT2D eigenvalue weighted by atomic mass is 10.2. The summed E-state index contributed by atoms with van der Waals surface area (Å²) in [7, 11) is 0. The molecule has 0 amide bonds. The predicted molar refractivity (Wildman–Crippen MR) is 108 cm³/mol. The van der Waals surface area contributed by atoms with Gasteiger partial charge in [0.25, 0.3) is 0 Å². The SMILES string of the molecule is CCCn1c(-c2cnc(Nc3ccccc3)c(Cl)c2)nc2ccccc21. The van der Waals surface area contributed by atoms with E-state index in [2.05, 4.69) is 27.9 Å². The van der Waals surface area contributed by atoms with Crippen LogP contribution >= 0.6 is 11.6 Å². The monoisotopic (exact) mass is 362 g/mol. The molecule has 4 nitrogen and oxygen atoms in total. The molecule has 0 aliphatic heterocycles. The number of imidazole rings is 1. The minimum absolute atomic E-state index is 0.571. The summed E-state index contributed by atoms with van der Waals surface area (Å²) in [5, 5.41) is 3.82. The smallest absolute Gasteiger partial charge is 0.149 e. The average molecular weight is 363 g/mol. The van der Waals surface area contributed by atoms with E-state index in [9.17, 15) is 0 Å². The number of rotatable bonds is 5. The highest BCUT2D eigenvalue weighted by molar-refractivity contribution is 6.33. The zero-order valence-corrected chi connectivity index (χ0v) is 15.2. The Morgan fingerprint density at radius 1 is 1.04 bits per heavy atom. The van der Waals surface area contributed by atoms with Crippen molar-refractivity contribution >= 4 is 34.1 Å². The third-order valence-corrected chi connectivity index (χ3v) is 4.53. The first-order valence-electron chi connectivity index (χ1n) is 8.69. The molecule has 0 saturated heterocycles. The molecule has 0 aliphatic rings. The second-order valence-corrected chi connectivity index (χ2v) is 6.53. The van der Waals surface area contributed by atoms with E-state index in [4.69, 9.17) is 16.6 Å². The fourth-order valence-corrected chi connectivity index (χ4v) is 3.27. The van der Waals surface area contributed by atoms with Gasteiger partial charge in [-0.1, -0.05) is 48.9 Å². The number of halogens is 1. The highest BCUT2D eigenvalue weighted by atomic mass is 35.5. The Bertz CT molecular complexity index is 1040. The molecular formula is C21H19ClN4. The van der Waals surface area contributed by atoms with Gasteiger partial charge in [0.2, 0.25) is 0 Å².